The fourth-order valence-corrected chi connectivity index (χ4v) is 8.27. The lowest BCUT2D eigenvalue weighted by Crippen LogP contribution is -2.53. The van der Waals surface area contributed by atoms with Crippen LogP contribution < -0.4 is 10.1 Å². The second-order valence-electron chi connectivity index (χ2n) is 13.8. The molecule has 0 spiro atoms. The Hall–Kier alpha value is -2.90. The van der Waals surface area contributed by atoms with Gasteiger partial charge in [0.15, 0.2) is 0 Å². The monoisotopic (exact) mass is 604 g/mol. The van der Waals surface area contributed by atoms with Crippen LogP contribution in [-0.2, 0) is 27.3 Å². The first-order valence-electron chi connectivity index (χ1n) is 16.8. The maximum absolute atomic E-state index is 14.4. The van der Waals surface area contributed by atoms with E-state index >= 15 is 0 Å². The molecule has 0 unspecified atom stereocenters. The largest absolute Gasteiger partial charge is 0.496 e. The van der Waals surface area contributed by atoms with Gasteiger partial charge in [0.2, 0.25) is 5.91 Å². The van der Waals surface area contributed by atoms with Crippen molar-refractivity contribution >= 4 is 11.9 Å². The number of benzene rings is 2. The van der Waals surface area contributed by atoms with Crippen molar-refractivity contribution in [2.75, 3.05) is 14.2 Å². The normalized spacial score (nSPS) is 25.2. The smallest absolute Gasteiger partial charge is 0.326 e. The van der Waals surface area contributed by atoms with Crippen molar-refractivity contribution in [3.05, 3.63) is 65.2 Å². The minimum Gasteiger partial charge on any atom is -0.496 e. The molecule has 7 nitrogen and oxygen atoms in total. The highest BCUT2D eigenvalue weighted by Gasteiger charge is 2.59. The second-order valence-corrected chi connectivity index (χ2v) is 13.8. The lowest BCUT2D eigenvalue weighted by molar-refractivity contribution is -0.156. The number of nitrogens with one attached hydrogen (secondary N) is 1. The van der Waals surface area contributed by atoms with E-state index in [1.165, 1.54) is 37.7 Å². The van der Waals surface area contributed by atoms with Crippen molar-refractivity contribution in [2.45, 2.75) is 115 Å². The number of carbonyl (C=O) groups is 2. The molecule has 0 aromatic heterocycles. The number of carboxylic acids is 1. The fourth-order valence-electron chi connectivity index (χ4n) is 8.27. The summed E-state index contributed by atoms with van der Waals surface area (Å²) in [6.07, 6.45) is 12.4. The van der Waals surface area contributed by atoms with Crippen LogP contribution >= 0.6 is 0 Å². The van der Waals surface area contributed by atoms with Gasteiger partial charge in [-0.25, -0.2) is 4.79 Å². The molecule has 1 heterocycles. The highest BCUT2D eigenvalue weighted by Crippen LogP contribution is 2.47. The molecule has 240 valence electrons. The Morgan fingerprint density at radius 3 is 2.20 bits per heavy atom. The summed E-state index contributed by atoms with van der Waals surface area (Å²) < 4.78 is 11.8. The third-order valence-corrected chi connectivity index (χ3v) is 10.7. The summed E-state index contributed by atoms with van der Waals surface area (Å²) in [5, 5.41) is 14.6. The third kappa shape index (κ3) is 6.99. The Balaban J connectivity index is 1.53. The Morgan fingerprint density at radius 1 is 0.932 bits per heavy atom. The van der Waals surface area contributed by atoms with E-state index in [0.29, 0.717) is 6.54 Å². The van der Waals surface area contributed by atoms with Crippen LogP contribution in [-0.4, -0.2) is 53.8 Å². The molecule has 2 aliphatic carbocycles. The van der Waals surface area contributed by atoms with E-state index in [-0.39, 0.29) is 17.9 Å². The van der Waals surface area contributed by atoms with Crippen LogP contribution in [0.3, 0.4) is 0 Å². The Labute approximate surface area is 263 Å². The lowest BCUT2D eigenvalue weighted by atomic mass is 9.79. The topological polar surface area (TPSA) is 88.1 Å². The first-order chi connectivity index (χ1) is 21.2. The number of amides is 1. The summed E-state index contributed by atoms with van der Waals surface area (Å²) in [6, 6.07) is 14.6. The molecule has 0 radical (unpaired) electrons. The second kappa shape index (κ2) is 14.5. The van der Waals surface area contributed by atoms with Gasteiger partial charge in [0, 0.05) is 37.1 Å². The molecule has 44 heavy (non-hydrogen) atoms. The first-order valence-corrected chi connectivity index (χ1v) is 16.8. The molecule has 1 saturated heterocycles. The number of methoxy groups -OCH3 is 2. The number of carboxylic acid groups (broad SMARTS) is 1. The quantitative estimate of drug-likeness (QED) is 0.289. The Kier molecular flexibility index (Phi) is 10.7. The van der Waals surface area contributed by atoms with Crippen molar-refractivity contribution < 1.29 is 24.2 Å². The van der Waals surface area contributed by atoms with Gasteiger partial charge in [-0.05, 0) is 56.2 Å². The Bertz CT molecular complexity index is 1250. The van der Waals surface area contributed by atoms with Crippen molar-refractivity contribution in [3.63, 3.8) is 0 Å². The van der Waals surface area contributed by atoms with Gasteiger partial charge < -0.3 is 24.8 Å². The van der Waals surface area contributed by atoms with E-state index in [1.807, 2.05) is 44.2 Å². The number of hydrogen-bond acceptors (Lipinski definition) is 5. The molecular formula is C37H52N2O5. The maximum Gasteiger partial charge on any atom is 0.326 e. The molecule has 2 N–H and O–H groups in total. The van der Waals surface area contributed by atoms with Crippen molar-refractivity contribution in [3.8, 4) is 5.75 Å². The number of ether oxygens (including phenoxy) is 2. The number of carbonyl (C=O) groups excluding carboxylic acids is 1. The van der Waals surface area contributed by atoms with E-state index in [4.69, 9.17) is 9.47 Å². The predicted octanol–water partition coefficient (Wildman–Crippen LogP) is 6.93. The zero-order chi connectivity index (χ0) is 31.3. The SMILES string of the molecule is COc1ccc(CC2CCCCC2)cc1CN[C@H]1[C@H](C(C)(C)OC)[C@@H](C(=O)O)N(C(=O)C2CCCCC2)[C@H]1c1ccccc1. The van der Waals surface area contributed by atoms with Crippen LogP contribution in [0.2, 0.25) is 0 Å². The molecule has 2 aromatic carbocycles. The van der Waals surface area contributed by atoms with Gasteiger partial charge in [-0.2, -0.15) is 0 Å². The minimum absolute atomic E-state index is 0.0424. The molecule has 2 aromatic rings. The predicted molar refractivity (Wildman–Crippen MR) is 173 cm³/mol. The van der Waals surface area contributed by atoms with Gasteiger partial charge in [-0.3, -0.25) is 4.79 Å². The number of rotatable bonds is 11. The maximum atomic E-state index is 14.4. The van der Waals surface area contributed by atoms with Crippen LogP contribution in [0.5, 0.6) is 5.75 Å². The van der Waals surface area contributed by atoms with Crippen molar-refractivity contribution in [2.24, 2.45) is 17.8 Å². The molecule has 2 saturated carbocycles. The molecule has 5 rings (SSSR count). The van der Waals surface area contributed by atoms with Gasteiger partial charge in [0.25, 0.3) is 0 Å². The van der Waals surface area contributed by atoms with E-state index in [2.05, 4.69) is 23.5 Å². The average Bonchev–Trinajstić information content (AvgIpc) is 3.41. The van der Waals surface area contributed by atoms with Gasteiger partial charge in [0.05, 0.1) is 18.8 Å². The molecule has 3 aliphatic rings. The molecule has 1 amide bonds. The van der Waals surface area contributed by atoms with Crippen LogP contribution in [0.1, 0.15) is 101 Å². The fraction of sp³-hybridized carbons (Fsp3) is 0.622. The summed E-state index contributed by atoms with van der Waals surface area (Å²) in [7, 11) is 3.33. The molecule has 3 fully saturated rings. The van der Waals surface area contributed by atoms with Crippen LogP contribution in [0.4, 0.5) is 0 Å². The van der Waals surface area contributed by atoms with Crippen molar-refractivity contribution in [1.82, 2.24) is 10.2 Å². The first kappa shape index (κ1) is 32.5. The van der Waals surface area contributed by atoms with E-state index in [0.717, 1.165) is 61.3 Å². The van der Waals surface area contributed by atoms with Crippen LogP contribution in [0, 0.1) is 17.8 Å². The number of aliphatic carboxylic acids is 1. The number of hydrogen-bond donors (Lipinski definition) is 2. The van der Waals surface area contributed by atoms with E-state index < -0.39 is 29.6 Å². The summed E-state index contributed by atoms with van der Waals surface area (Å²) >= 11 is 0. The highest BCUT2D eigenvalue weighted by atomic mass is 16.5. The van der Waals surface area contributed by atoms with Crippen molar-refractivity contribution in [1.29, 1.82) is 0 Å². The van der Waals surface area contributed by atoms with Gasteiger partial charge in [-0.15, -0.1) is 0 Å². The highest BCUT2D eigenvalue weighted by molar-refractivity contribution is 5.87. The minimum atomic E-state index is -1.03. The third-order valence-electron chi connectivity index (χ3n) is 10.7. The standard InChI is InChI=1S/C37H52N2O5/c1-37(2,44-4)31-32(38-24-29-23-26(20-21-30(29)43-3)22-25-14-8-5-9-15-25)33(27-16-10-6-11-17-27)39(34(31)36(41)42)35(40)28-18-12-7-13-19-28/h6,10-11,16-17,20-21,23,25,28,31-34,38H,5,7-9,12-15,18-19,22,24H2,1-4H3,(H,41,42)/t31-,32-,33-,34-/m0/s1. The molecular weight excluding hydrogens is 552 g/mol. The number of likely N-dealkylation sites (tertiary alicyclic amines) is 1. The summed E-state index contributed by atoms with van der Waals surface area (Å²) in [5.74, 6) is -0.150. The average molecular weight is 605 g/mol. The van der Waals surface area contributed by atoms with E-state index in [1.54, 1.807) is 19.1 Å². The number of nitrogens with zero attached hydrogens (tertiary/aromatic N) is 1. The zero-order valence-corrected chi connectivity index (χ0v) is 27.1. The van der Waals surface area contributed by atoms with E-state index in [9.17, 15) is 14.7 Å². The molecule has 0 bridgehead atoms. The zero-order valence-electron chi connectivity index (χ0n) is 27.1. The summed E-state index contributed by atoms with van der Waals surface area (Å²) in [5.41, 5.74) is 2.48. The lowest BCUT2D eigenvalue weighted by Gasteiger charge is -2.37. The van der Waals surface area contributed by atoms with Gasteiger partial charge >= 0.3 is 5.97 Å². The van der Waals surface area contributed by atoms with Gasteiger partial charge in [-0.1, -0.05) is 93.8 Å². The molecule has 7 heteroatoms. The Morgan fingerprint density at radius 2 is 1.59 bits per heavy atom. The van der Waals surface area contributed by atoms with Crippen LogP contribution in [0.15, 0.2) is 48.5 Å². The summed E-state index contributed by atoms with van der Waals surface area (Å²) in [6.45, 7) is 4.39. The van der Waals surface area contributed by atoms with Crippen LogP contribution in [0.25, 0.3) is 0 Å². The molecule has 1 aliphatic heterocycles. The molecule has 4 atom stereocenters. The summed E-state index contributed by atoms with van der Waals surface area (Å²) in [4.78, 5) is 29.3. The van der Waals surface area contributed by atoms with Gasteiger partial charge in [0.1, 0.15) is 11.8 Å².